The van der Waals surface area contributed by atoms with Crippen LogP contribution in [-0.2, 0) is 19.1 Å². The zero-order chi connectivity index (χ0) is 24.7. The lowest BCUT2D eigenvalue weighted by Crippen LogP contribution is -2.46. The van der Waals surface area contributed by atoms with Crippen LogP contribution in [0.4, 0.5) is 5.69 Å². The van der Waals surface area contributed by atoms with Crippen LogP contribution < -0.4 is 10.6 Å². The quantitative estimate of drug-likeness (QED) is 0.642. The van der Waals surface area contributed by atoms with Crippen LogP contribution in [0.1, 0.15) is 47.5 Å². The van der Waals surface area contributed by atoms with Gasteiger partial charge in [0.2, 0.25) is 11.8 Å². The molecule has 3 saturated heterocycles. The molecule has 0 radical (unpaired) electrons. The Morgan fingerprint density at radius 1 is 1.14 bits per heavy atom. The van der Waals surface area contributed by atoms with Crippen molar-refractivity contribution in [2.45, 2.75) is 49.9 Å². The maximum absolute atomic E-state index is 14.3. The Labute approximate surface area is 206 Å². The summed E-state index contributed by atoms with van der Waals surface area (Å²) in [6, 6.07) is 5.08. The van der Waals surface area contributed by atoms with Gasteiger partial charge in [0, 0.05) is 44.5 Å². The second-order valence-corrected chi connectivity index (χ2v) is 10.4. The van der Waals surface area contributed by atoms with Gasteiger partial charge >= 0.3 is 0 Å². The summed E-state index contributed by atoms with van der Waals surface area (Å²) in [6.45, 7) is 3.98. The van der Waals surface area contributed by atoms with Gasteiger partial charge in [0.25, 0.3) is 0 Å². The fourth-order valence-corrected chi connectivity index (χ4v) is 6.40. The van der Waals surface area contributed by atoms with Crippen molar-refractivity contribution in [3.8, 4) is 0 Å². The summed E-state index contributed by atoms with van der Waals surface area (Å²) in [4.78, 5) is 45.8. The van der Waals surface area contributed by atoms with Crippen molar-refractivity contribution in [3.05, 3.63) is 29.3 Å². The lowest BCUT2D eigenvalue weighted by molar-refractivity contribution is -0.139. The predicted molar refractivity (Wildman–Crippen MR) is 130 cm³/mol. The van der Waals surface area contributed by atoms with Crippen molar-refractivity contribution < 1.29 is 23.9 Å². The average Bonchev–Trinajstić information content (AvgIpc) is 3.58. The van der Waals surface area contributed by atoms with Crippen molar-refractivity contribution >= 4 is 23.3 Å². The molecule has 2 N–H and O–H groups in total. The van der Waals surface area contributed by atoms with E-state index in [0.717, 1.165) is 57.5 Å². The number of Topliss-reactive ketones (excluding diaryl/α,β-unsaturated/α-hetero) is 1. The molecule has 1 saturated carbocycles. The van der Waals surface area contributed by atoms with Crippen LogP contribution >= 0.6 is 0 Å². The fourth-order valence-electron chi connectivity index (χ4n) is 6.40. The second kappa shape index (κ2) is 9.87. The molecule has 0 spiro atoms. The molecule has 4 aliphatic rings. The summed E-state index contributed by atoms with van der Waals surface area (Å²) in [5, 5.41) is 0. The summed E-state index contributed by atoms with van der Waals surface area (Å²) in [6.07, 6.45) is 3.14. The average molecular weight is 485 g/mol. The number of likely N-dealkylation sites (tertiary alicyclic amines) is 1. The van der Waals surface area contributed by atoms with E-state index < -0.39 is 24.0 Å². The maximum atomic E-state index is 14.3. The smallest absolute Gasteiger partial charge is 0.249 e. The molecule has 0 unspecified atom stereocenters. The minimum atomic E-state index is -0.630. The van der Waals surface area contributed by atoms with E-state index in [9.17, 15) is 14.4 Å². The molecule has 190 valence electrons. The molecule has 3 heterocycles. The number of ketones is 1. The van der Waals surface area contributed by atoms with E-state index in [-0.39, 0.29) is 30.3 Å². The summed E-state index contributed by atoms with van der Waals surface area (Å²) >= 11 is 0. The van der Waals surface area contributed by atoms with Gasteiger partial charge < -0.3 is 29.9 Å². The number of piperazine rings is 1. The lowest BCUT2D eigenvalue weighted by Gasteiger charge is -2.35. The topological polar surface area (TPSA) is 105 Å². The van der Waals surface area contributed by atoms with Crippen molar-refractivity contribution in [2.75, 3.05) is 58.4 Å². The number of nitrogens with two attached hydrogens (primary N) is 1. The van der Waals surface area contributed by atoms with Crippen molar-refractivity contribution in [1.29, 1.82) is 0 Å². The minimum Gasteiger partial charge on any atom is -0.377 e. The van der Waals surface area contributed by atoms with Gasteiger partial charge in [-0.05, 0) is 49.6 Å². The number of carbonyl (C=O) groups excluding carboxylic acids is 3. The molecule has 1 aromatic rings. The number of fused-ring (bicyclic) bond motifs is 1. The van der Waals surface area contributed by atoms with Crippen LogP contribution in [-0.4, -0.2) is 99.1 Å². The predicted octanol–water partition coefficient (Wildman–Crippen LogP) is 1.00. The summed E-state index contributed by atoms with van der Waals surface area (Å²) < 4.78 is 11.3. The Morgan fingerprint density at radius 3 is 2.51 bits per heavy atom. The van der Waals surface area contributed by atoms with Crippen LogP contribution in [0.2, 0.25) is 0 Å². The molecule has 1 aromatic carbocycles. The third kappa shape index (κ3) is 4.45. The summed E-state index contributed by atoms with van der Waals surface area (Å²) in [7, 11) is 3.69. The largest absolute Gasteiger partial charge is 0.377 e. The first-order valence-electron chi connectivity index (χ1n) is 12.7. The highest BCUT2D eigenvalue weighted by Gasteiger charge is 2.54. The number of hydrogen-bond donors (Lipinski definition) is 1. The van der Waals surface area contributed by atoms with Crippen LogP contribution in [0.25, 0.3) is 0 Å². The van der Waals surface area contributed by atoms with Crippen LogP contribution in [0.3, 0.4) is 0 Å². The molecule has 0 bridgehead atoms. The number of likely N-dealkylation sites (N-methyl/N-ethyl adjacent to an activating group) is 1. The van der Waals surface area contributed by atoms with E-state index in [4.69, 9.17) is 15.2 Å². The normalized spacial score (nSPS) is 28.5. The standard InChI is InChI=1S/C26H36N4O5/c1-28-9-11-29(12-10-28)17-7-8-18(25(27)32)19(13-17)22(16-5-3-4-6-16)26(33)30-14-21(34-2)24-23(30)20(31)15-35-24/h7-8,13,16,21-24H,3-6,9-12,14-15H2,1-2H3,(H2,27,32)/t21-,22+,23-,24-/m1/s1. The van der Waals surface area contributed by atoms with E-state index in [1.165, 1.54) is 0 Å². The van der Waals surface area contributed by atoms with Crippen molar-refractivity contribution in [2.24, 2.45) is 11.7 Å². The summed E-state index contributed by atoms with van der Waals surface area (Å²) in [5.74, 6) is -1.18. The number of rotatable bonds is 6. The molecule has 2 amide bonds. The molecule has 4 fully saturated rings. The number of hydrogen-bond acceptors (Lipinski definition) is 7. The second-order valence-electron chi connectivity index (χ2n) is 10.4. The number of primary amides is 1. The monoisotopic (exact) mass is 484 g/mol. The van der Waals surface area contributed by atoms with E-state index >= 15 is 0 Å². The first-order valence-corrected chi connectivity index (χ1v) is 12.7. The molecule has 9 nitrogen and oxygen atoms in total. The Kier molecular flexibility index (Phi) is 6.83. The molecule has 0 aromatic heterocycles. The number of carbonyl (C=O) groups is 3. The molecule has 4 atom stereocenters. The first kappa shape index (κ1) is 24.2. The van der Waals surface area contributed by atoms with Gasteiger partial charge in [0.15, 0.2) is 5.78 Å². The third-order valence-electron chi connectivity index (χ3n) is 8.37. The van der Waals surface area contributed by atoms with Crippen molar-refractivity contribution in [1.82, 2.24) is 9.80 Å². The van der Waals surface area contributed by atoms with Crippen LogP contribution in [0.5, 0.6) is 0 Å². The Morgan fingerprint density at radius 2 is 1.86 bits per heavy atom. The van der Waals surface area contributed by atoms with E-state index in [0.29, 0.717) is 17.7 Å². The Balaban J connectivity index is 1.54. The highest BCUT2D eigenvalue weighted by atomic mass is 16.5. The fraction of sp³-hybridized carbons (Fsp3) is 0.654. The minimum absolute atomic E-state index is 0.00149. The van der Waals surface area contributed by atoms with Crippen LogP contribution in [0, 0.1) is 5.92 Å². The molecule has 9 heteroatoms. The zero-order valence-corrected chi connectivity index (χ0v) is 20.7. The van der Waals surface area contributed by atoms with Gasteiger partial charge in [0.05, 0.1) is 12.5 Å². The molecular formula is C26H36N4O5. The highest BCUT2D eigenvalue weighted by Crippen LogP contribution is 2.43. The van der Waals surface area contributed by atoms with Gasteiger partial charge in [-0.15, -0.1) is 0 Å². The number of benzene rings is 1. The maximum Gasteiger partial charge on any atom is 0.249 e. The number of nitrogens with zero attached hydrogens (tertiary/aromatic N) is 3. The van der Waals surface area contributed by atoms with E-state index in [1.807, 2.05) is 12.1 Å². The molecule has 35 heavy (non-hydrogen) atoms. The van der Waals surface area contributed by atoms with Crippen LogP contribution in [0.15, 0.2) is 18.2 Å². The van der Waals surface area contributed by atoms with Gasteiger partial charge in [-0.1, -0.05) is 12.8 Å². The molecule has 1 aliphatic carbocycles. The highest BCUT2D eigenvalue weighted by molar-refractivity contribution is 5.99. The zero-order valence-electron chi connectivity index (χ0n) is 20.7. The molecular weight excluding hydrogens is 448 g/mol. The summed E-state index contributed by atoms with van der Waals surface area (Å²) in [5.41, 5.74) is 7.91. The Hall–Kier alpha value is -2.49. The van der Waals surface area contributed by atoms with E-state index in [2.05, 4.69) is 16.8 Å². The Bertz CT molecular complexity index is 986. The molecule has 5 rings (SSSR count). The molecule has 3 aliphatic heterocycles. The van der Waals surface area contributed by atoms with Gasteiger partial charge in [-0.3, -0.25) is 14.4 Å². The van der Waals surface area contributed by atoms with Gasteiger partial charge in [-0.25, -0.2) is 0 Å². The third-order valence-corrected chi connectivity index (χ3v) is 8.37. The van der Waals surface area contributed by atoms with Crippen molar-refractivity contribution in [3.63, 3.8) is 0 Å². The van der Waals surface area contributed by atoms with E-state index in [1.54, 1.807) is 18.1 Å². The number of amides is 2. The lowest BCUT2D eigenvalue weighted by atomic mass is 9.80. The van der Waals surface area contributed by atoms with Gasteiger partial charge in [-0.2, -0.15) is 0 Å². The number of anilines is 1. The van der Waals surface area contributed by atoms with Gasteiger partial charge in [0.1, 0.15) is 24.9 Å². The number of methoxy groups -OCH3 is 1. The SMILES string of the molecule is CO[C@@H]1CN(C(=O)[C@H](c2cc(N3CCN(C)CC3)ccc2C(N)=O)C2CCCC2)[C@@H]2C(=O)CO[C@@H]21. The first-order chi connectivity index (χ1) is 16.9. The number of ether oxygens (including phenoxy) is 2.